The topological polar surface area (TPSA) is 59.6 Å². The fraction of sp³-hybridized carbons (Fsp3) is 0.611. The summed E-state index contributed by atoms with van der Waals surface area (Å²) in [5.74, 6) is 1.32. The summed E-state index contributed by atoms with van der Waals surface area (Å²) in [7, 11) is 0. The fourth-order valence-electron chi connectivity index (χ4n) is 2.79. The maximum atomic E-state index is 12.0. The summed E-state index contributed by atoms with van der Waals surface area (Å²) in [6, 6.07) is 7.93. The van der Waals surface area contributed by atoms with Crippen molar-refractivity contribution in [1.29, 1.82) is 0 Å². The van der Waals surface area contributed by atoms with Crippen LogP contribution in [0, 0.1) is 12.8 Å². The summed E-state index contributed by atoms with van der Waals surface area (Å²) < 4.78 is 11.2. The van der Waals surface area contributed by atoms with E-state index in [1.807, 2.05) is 38.1 Å². The van der Waals surface area contributed by atoms with Gasteiger partial charge in [0, 0.05) is 19.3 Å². The third kappa shape index (κ3) is 6.10. The first-order valence-electron chi connectivity index (χ1n) is 8.40. The van der Waals surface area contributed by atoms with Gasteiger partial charge in [0.2, 0.25) is 0 Å². The number of rotatable bonds is 6. The molecule has 2 unspecified atom stereocenters. The van der Waals surface area contributed by atoms with Crippen molar-refractivity contribution in [3.8, 4) is 5.75 Å². The molecular formula is C18H28N2O3. The lowest BCUT2D eigenvalue weighted by Crippen LogP contribution is -2.47. The van der Waals surface area contributed by atoms with Crippen LogP contribution >= 0.6 is 0 Å². The molecule has 128 valence electrons. The largest absolute Gasteiger partial charge is 0.489 e. The van der Waals surface area contributed by atoms with E-state index < -0.39 is 0 Å². The number of ether oxygens (including phenoxy) is 2. The van der Waals surface area contributed by atoms with Crippen LogP contribution in [0.3, 0.4) is 0 Å². The molecule has 2 N–H and O–H groups in total. The molecule has 0 saturated carbocycles. The van der Waals surface area contributed by atoms with Gasteiger partial charge in [0.1, 0.15) is 11.9 Å². The molecule has 1 aliphatic rings. The number of carbonyl (C=O) groups excluding carboxylic acids is 1. The Balaban J connectivity index is 1.68. The van der Waals surface area contributed by atoms with Crippen LogP contribution in [0.4, 0.5) is 4.79 Å². The summed E-state index contributed by atoms with van der Waals surface area (Å²) in [5.41, 5.74) is 1.16. The van der Waals surface area contributed by atoms with Crippen molar-refractivity contribution in [2.75, 3.05) is 19.8 Å². The van der Waals surface area contributed by atoms with Crippen molar-refractivity contribution in [3.63, 3.8) is 0 Å². The van der Waals surface area contributed by atoms with Crippen LogP contribution in [-0.4, -0.2) is 37.9 Å². The Labute approximate surface area is 138 Å². The summed E-state index contributed by atoms with van der Waals surface area (Å²) >= 11 is 0. The van der Waals surface area contributed by atoms with Crippen LogP contribution in [0.25, 0.3) is 0 Å². The van der Waals surface area contributed by atoms with Gasteiger partial charge < -0.3 is 20.1 Å². The Morgan fingerprint density at radius 2 is 2.09 bits per heavy atom. The Morgan fingerprint density at radius 3 is 2.78 bits per heavy atom. The SMILES string of the molecule is Cc1cccc(OC(C)CNC(=O)NC(C)C2CCOCC2)c1. The Bertz CT molecular complexity index is 501. The third-order valence-electron chi connectivity index (χ3n) is 4.21. The van der Waals surface area contributed by atoms with E-state index in [4.69, 9.17) is 9.47 Å². The molecule has 5 heteroatoms. The second kappa shape index (κ2) is 8.77. The molecule has 5 nitrogen and oxygen atoms in total. The monoisotopic (exact) mass is 320 g/mol. The van der Waals surface area contributed by atoms with E-state index in [0.29, 0.717) is 12.5 Å². The molecule has 23 heavy (non-hydrogen) atoms. The predicted molar refractivity (Wildman–Crippen MR) is 90.8 cm³/mol. The van der Waals surface area contributed by atoms with E-state index in [1.165, 1.54) is 0 Å². The van der Waals surface area contributed by atoms with Gasteiger partial charge in [0.05, 0.1) is 6.54 Å². The molecule has 0 radical (unpaired) electrons. The highest BCUT2D eigenvalue weighted by molar-refractivity contribution is 5.74. The van der Waals surface area contributed by atoms with Crippen LogP contribution in [0.2, 0.25) is 0 Å². The van der Waals surface area contributed by atoms with Gasteiger partial charge >= 0.3 is 6.03 Å². The molecule has 2 rings (SSSR count). The van der Waals surface area contributed by atoms with E-state index in [0.717, 1.165) is 37.4 Å². The van der Waals surface area contributed by atoms with Crippen molar-refractivity contribution < 1.29 is 14.3 Å². The molecule has 0 aromatic heterocycles. The summed E-state index contributed by atoms with van der Waals surface area (Å²) in [6.07, 6.45) is 1.93. The van der Waals surface area contributed by atoms with Gasteiger partial charge in [0.25, 0.3) is 0 Å². The molecule has 0 spiro atoms. The molecule has 2 atom stereocenters. The molecule has 1 aromatic rings. The molecule has 1 fully saturated rings. The lowest BCUT2D eigenvalue weighted by molar-refractivity contribution is 0.0570. The number of hydrogen-bond acceptors (Lipinski definition) is 3. The van der Waals surface area contributed by atoms with Gasteiger partial charge in [-0.1, -0.05) is 12.1 Å². The molecule has 1 saturated heterocycles. The lowest BCUT2D eigenvalue weighted by Gasteiger charge is -2.28. The summed E-state index contributed by atoms with van der Waals surface area (Å²) in [4.78, 5) is 12.0. The maximum absolute atomic E-state index is 12.0. The quantitative estimate of drug-likeness (QED) is 0.847. The Morgan fingerprint density at radius 1 is 1.35 bits per heavy atom. The molecule has 1 aromatic carbocycles. The number of amides is 2. The zero-order valence-electron chi connectivity index (χ0n) is 14.3. The minimum atomic E-state index is -0.135. The smallest absolute Gasteiger partial charge is 0.315 e. The van der Waals surface area contributed by atoms with Crippen LogP contribution in [0.1, 0.15) is 32.3 Å². The highest BCUT2D eigenvalue weighted by atomic mass is 16.5. The van der Waals surface area contributed by atoms with Gasteiger partial charge in [-0.2, -0.15) is 0 Å². The third-order valence-corrected chi connectivity index (χ3v) is 4.21. The molecule has 2 amide bonds. The second-order valence-electron chi connectivity index (χ2n) is 6.34. The van der Waals surface area contributed by atoms with Gasteiger partial charge in [-0.15, -0.1) is 0 Å². The first-order chi connectivity index (χ1) is 11.0. The van der Waals surface area contributed by atoms with Crippen LogP contribution in [0.15, 0.2) is 24.3 Å². The van der Waals surface area contributed by atoms with Gasteiger partial charge in [0.15, 0.2) is 0 Å². The minimum absolute atomic E-state index is 0.0825. The number of aryl methyl sites for hydroxylation is 1. The zero-order valence-corrected chi connectivity index (χ0v) is 14.3. The van der Waals surface area contributed by atoms with E-state index in [-0.39, 0.29) is 18.2 Å². The molecule has 1 aliphatic heterocycles. The fourth-order valence-corrected chi connectivity index (χ4v) is 2.79. The van der Waals surface area contributed by atoms with Gasteiger partial charge in [-0.05, 0) is 57.2 Å². The van der Waals surface area contributed by atoms with Crippen molar-refractivity contribution in [2.24, 2.45) is 5.92 Å². The molecular weight excluding hydrogens is 292 g/mol. The maximum Gasteiger partial charge on any atom is 0.315 e. The number of benzene rings is 1. The number of nitrogens with one attached hydrogen (secondary N) is 2. The van der Waals surface area contributed by atoms with Crippen LogP contribution < -0.4 is 15.4 Å². The number of carbonyl (C=O) groups is 1. The minimum Gasteiger partial charge on any atom is -0.489 e. The number of urea groups is 1. The highest BCUT2D eigenvalue weighted by Crippen LogP contribution is 2.18. The van der Waals surface area contributed by atoms with E-state index in [2.05, 4.69) is 17.6 Å². The first kappa shape index (κ1) is 17.6. The second-order valence-corrected chi connectivity index (χ2v) is 6.34. The van der Waals surface area contributed by atoms with E-state index in [1.54, 1.807) is 0 Å². The van der Waals surface area contributed by atoms with Gasteiger partial charge in [-0.25, -0.2) is 4.79 Å². The predicted octanol–water partition coefficient (Wildman–Crippen LogP) is 2.88. The average Bonchev–Trinajstić information content (AvgIpc) is 2.54. The van der Waals surface area contributed by atoms with Crippen molar-refractivity contribution in [3.05, 3.63) is 29.8 Å². The molecule has 1 heterocycles. The summed E-state index contributed by atoms with van der Waals surface area (Å²) in [6.45, 7) is 8.09. The average molecular weight is 320 g/mol. The van der Waals surface area contributed by atoms with Gasteiger partial charge in [-0.3, -0.25) is 0 Å². The molecule has 0 bridgehead atoms. The lowest BCUT2D eigenvalue weighted by atomic mass is 9.93. The first-order valence-corrected chi connectivity index (χ1v) is 8.40. The molecule has 0 aliphatic carbocycles. The zero-order chi connectivity index (χ0) is 16.7. The van der Waals surface area contributed by atoms with Crippen LogP contribution in [-0.2, 0) is 4.74 Å². The standard InChI is InChI=1S/C18H28N2O3/c1-13-5-4-6-17(11-13)23-14(2)12-19-18(21)20-15(3)16-7-9-22-10-8-16/h4-6,11,14-16H,7-10,12H2,1-3H3,(H2,19,20,21). The van der Waals surface area contributed by atoms with Crippen molar-refractivity contribution in [2.45, 2.75) is 45.8 Å². The number of hydrogen-bond donors (Lipinski definition) is 2. The summed E-state index contributed by atoms with van der Waals surface area (Å²) in [5, 5.41) is 5.90. The highest BCUT2D eigenvalue weighted by Gasteiger charge is 2.21. The van der Waals surface area contributed by atoms with Crippen molar-refractivity contribution >= 4 is 6.03 Å². The Kier molecular flexibility index (Phi) is 6.71. The van der Waals surface area contributed by atoms with Crippen LogP contribution in [0.5, 0.6) is 5.75 Å². The normalized spacial score (nSPS) is 18.0. The Hall–Kier alpha value is -1.75. The van der Waals surface area contributed by atoms with Crippen molar-refractivity contribution in [1.82, 2.24) is 10.6 Å². The van der Waals surface area contributed by atoms with E-state index >= 15 is 0 Å². The van der Waals surface area contributed by atoms with E-state index in [9.17, 15) is 4.79 Å².